The first-order valence-corrected chi connectivity index (χ1v) is 11.8. The topological polar surface area (TPSA) is 70.2 Å². The maximum atomic E-state index is 13.2. The lowest BCUT2D eigenvalue weighted by Crippen LogP contribution is -2.52. The van der Waals surface area contributed by atoms with Crippen molar-refractivity contribution in [1.82, 2.24) is 14.9 Å². The first-order chi connectivity index (χ1) is 16.0. The highest BCUT2D eigenvalue weighted by Crippen LogP contribution is 2.48. The second-order valence-corrected chi connectivity index (χ2v) is 9.65. The summed E-state index contributed by atoms with van der Waals surface area (Å²) in [5, 5.41) is 2.38. The van der Waals surface area contributed by atoms with Gasteiger partial charge in [0.05, 0.1) is 13.2 Å². The largest absolute Gasteiger partial charge is 0.492 e. The van der Waals surface area contributed by atoms with Crippen molar-refractivity contribution in [2.75, 3.05) is 19.7 Å². The smallest absolute Gasteiger partial charge is 0.273 e. The third-order valence-corrected chi connectivity index (χ3v) is 7.62. The van der Waals surface area contributed by atoms with Gasteiger partial charge in [-0.15, -0.1) is 0 Å². The summed E-state index contributed by atoms with van der Waals surface area (Å²) in [5.74, 6) is -0.00641. The maximum absolute atomic E-state index is 13.2. The fourth-order valence-corrected chi connectivity index (χ4v) is 5.72. The predicted octanol–water partition coefficient (Wildman–Crippen LogP) is 3.02. The van der Waals surface area contributed by atoms with Crippen molar-refractivity contribution in [3.8, 4) is 5.75 Å². The number of amides is 3. The molecule has 33 heavy (non-hydrogen) atoms. The molecule has 7 heteroatoms. The Morgan fingerprint density at radius 1 is 0.939 bits per heavy atom. The Morgan fingerprint density at radius 3 is 2.39 bits per heavy atom. The summed E-state index contributed by atoms with van der Waals surface area (Å²) in [5.41, 5.74) is 3.76. The van der Waals surface area contributed by atoms with Crippen LogP contribution in [0.15, 0.2) is 42.5 Å². The van der Waals surface area contributed by atoms with E-state index in [2.05, 4.69) is 29.2 Å². The molecule has 2 fully saturated rings. The molecule has 4 aliphatic rings. The van der Waals surface area contributed by atoms with Gasteiger partial charge in [-0.25, -0.2) is 5.01 Å². The summed E-state index contributed by atoms with van der Waals surface area (Å²) >= 11 is 0. The van der Waals surface area contributed by atoms with Crippen LogP contribution in [0.5, 0.6) is 5.75 Å². The Labute approximate surface area is 192 Å². The van der Waals surface area contributed by atoms with Crippen LogP contribution in [0.2, 0.25) is 0 Å². The summed E-state index contributed by atoms with van der Waals surface area (Å²) in [6.45, 7) is 3.78. The second-order valence-electron chi connectivity index (χ2n) is 9.65. The van der Waals surface area contributed by atoms with E-state index in [9.17, 15) is 14.4 Å². The number of rotatable bonds is 3. The van der Waals surface area contributed by atoms with Gasteiger partial charge >= 0.3 is 0 Å². The van der Waals surface area contributed by atoms with Crippen LogP contribution in [0.1, 0.15) is 59.2 Å². The predicted molar refractivity (Wildman–Crippen MR) is 120 cm³/mol. The standard InChI is InChI=1S/C26H27N3O4/c30-23-7-4-8-24(31)29(23)28-16-19-13-22-21(14-20(19)25(28)32)26(17-33-22)9-11-27(12-10-26)15-18-5-2-1-3-6-18/h1-3,5-6,13-14H,4,7-12,15-17H2. The van der Waals surface area contributed by atoms with Crippen LogP contribution in [-0.4, -0.2) is 52.3 Å². The molecule has 0 aliphatic carbocycles. The van der Waals surface area contributed by atoms with E-state index < -0.39 is 0 Å². The van der Waals surface area contributed by atoms with Gasteiger partial charge in [0, 0.05) is 35.9 Å². The molecule has 2 aromatic carbocycles. The van der Waals surface area contributed by atoms with Gasteiger partial charge in [-0.05, 0) is 55.6 Å². The second kappa shape index (κ2) is 7.70. The van der Waals surface area contributed by atoms with Crippen molar-refractivity contribution >= 4 is 17.7 Å². The van der Waals surface area contributed by atoms with E-state index >= 15 is 0 Å². The lowest BCUT2D eigenvalue weighted by molar-refractivity contribution is -0.163. The van der Waals surface area contributed by atoms with Crippen molar-refractivity contribution in [2.45, 2.75) is 50.6 Å². The number of ether oxygens (including phenoxy) is 1. The summed E-state index contributed by atoms with van der Waals surface area (Å²) in [6.07, 6.45) is 3.11. The normalized spacial score (nSPS) is 22.0. The summed E-state index contributed by atoms with van der Waals surface area (Å²) in [4.78, 5) is 40.5. The molecule has 2 saturated heterocycles. The van der Waals surface area contributed by atoms with E-state index in [1.54, 1.807) is 0 Å². The van der Waals surface area contributed by atoms with Gasteiger partial charge in [-0.2, -0.15) is 5.01 Å². The fourth-order valence-electron chi connectivity index (χ4n) is 5.72. The van der Waals surface area contributed by atoms with Crippen LogP contribution in [0.4, 0.5) is 0 Å². The van der Waals surface area contributed by atoms with Gasteiger partial charge in [0.2, 0.25) is 11.8 Å². The van der Waals surface area contributed by atoms with Gasteiger partial charge in [-0.1, -0.05) is 30.3 Å². The number of imide groups is 1. The van der Waals surface area contributed by atoms with Crippen LogP contribution < -0.4 is 4.74 Å². The van der Waals surface area contributed by atoms with Gasteiger partial charge < -0.3 is 4.74 Å². The van der Waals surface area contributed by atoms with Crippen LogP contribution in [0.3, 0.4) is 0 Å². The van der Waals surface area contributed by atoms with E-state index in [1.165, 1.54) is 10.6 Å². The van der Waals surface area contributed by atoms with E-state index in [0.29, 0.717) is 31.4 Å². The molecule has 1 spiro atoms. The molecule has 0 atom stereocenters. The number of carbonyl (C=O) groups excluding carboxylic acids is 3. The number of hydrogen-bond acceptors (Lipinski definition) is 5. The van der Waals surface area contributed by atoms with Crippen molar-refractivity contribution in [3.05, 3.63) is 64.7 Å². The number of hydrazine groups is 1. The minimum atomic E-state index is -0.293. The highest BCUT2D eigenvalue weighted by Gasteiger charge is 2.46. The van der Waals surface area contributed by atoms with Gasteiger partial charge in [-0.3, -0.25) is 19.3 Å². The van der Waals surface area contributed by atoms with Crippen molar-refractivity contribution in [2.24, 2.45) is 0 Å². The number of nitrogens with zero attached hydrogens (tertiary/aromatic N) is 3. The Bertz CT molecular complexity index is 1120. The first-order valence-electron chi connectivity index (χ1n) is 11.8. The summed E-state index contributed by atoms with van der Waals surface area (Å²) < 4.78 is 6.13. The number of hydrogen-bond donors (Lipinski definition) is 0. The zero-order valence-electron chi connectivity index (χ0n) is 18.6. The molecule has 0 unspecified atom stereocenters. The third kappa shape index (κ3) is 3.33. The molecular weight excluding hydrogens is 418 g/mol. The molecule has 0 bridgehead atoms. The average molecular weight is 446 g/mol. The van der Waals surface area contributed by atoms with Crippen molar-refractivity contribution in [3.63, 3.8) is 0 Å². The lowest BCUT2D eigenvalue weighted by Gasteiger charge is -2.38. The summed E-state index contributed by atoms with van der Waals surface area (Å²) in [7, 11) is 0. The van der Waals surface area contributed by atoms with E-state index in [4.69, 9.17) is 4.74 Å². The maximum Gasteiger partial charge on any atom is 0.273 e. The monoisotopic (exact) mass is 445 g/mol. The molecule has 0 saturated carbocycles. The SMILES string of the molecule is O=C1c2cc3c(cc2CN1N1C(=O)CCCC1=O)OCC31CCN(Cc2ccccc2)CC1. The molecule has 0 N–H and O–H groups in total. The minimum absolute atomic E-state index is 0.0813. The van der Waals surface area contributed by atoms with E-state index in [1.807, 2.05) is 18.2 Å². The summed E-state index contributed by atoms with van der Waals surface area (Å²) in [6, 6.07) is 14.5. The van der Waals surface area contributed by atoms with Crippen molar-refractivity contribution < 1.29 is 19.1 Å². The number of fused-ring (bicyclic) bond motifs is 3. The van der Waals surface area contributed by atoms with Crippen LogP contribution >= 0.6 is 0 Å². The van der Waals surface area contributed by atoms with Crippen molar-refractivity contribution in [1.29, 1.82) is 0 Å². The molecule has 4 aliphatic heterocycles. The highest BCUT2D eigenvalue weighted by atomic mass is 16.5. The zero-order chi connectivity index (χ0) is 22.6. The molecule has 0 aromatic heterocycles. The van der Waals surface area contributed by atoms with Gasteiger partial charge in [0.15, 0.2) is 0 Å². The number of piperidine rings is 2. The van der Waals surface area contributed by atoms with E-state index in [-0.39, 0.29) is 29.7 Å². The Kier molecular flexibility index (Phi) is 4.76. The number of carbonyl (C=O) groups is 3. The molecule has 6 rings (SSSR count). The van der Waals surface area contributed by atoms with Crippen LogP contribution in [0.25, 0.3) is 0 Å². The van der Waals surface area contributed by atoms with Crippen LogP contribution in [0, 0.1) is 0 Å². The van der Waals surface area contributed by atoms with E-state index in [0.717, 1.165) is 54.4 Å². The molecule has 4 heterocycles. The molecular formula is C26H27N3O4. The van der Waals surface area contributed by atoms with Gasteiger partial charge in [0.1, 0.15) is 5.75 Å². The van der Waals surface area contributed by atoms with Gasteiger partial charge in [0.25, 0.3) is 5.91 Å². The van der Waals surface area contributed by atoms with Crippen LogP contribution in [-0.2, 0) is 28.1 Å². The number of benzene rings is 2. The lowest BCUT2D eigenvalue weighted by atomic mass is 9.74. The zero-order valence-corrected chi connectivity index (χ0v) is 18.6. The number of likely N-dealkylation sites (tertiary alicyclic amines) is 1. The first kappa shape index (κ1) is 20.4. The minimum Gasteiger partial charge on any atom is -0.492 e. The Morgan fingerprint density at radius 2 is 1.67 bits per heavy atom. The Balaban J connectivity index is 1.22. The fraction of sp³-hybridized carbons (Fsp3) is 0.423. The third-order valence-electron chi connectivity index (χ3n) is 7.62. The Hall–Kier alpha value is -3.19. The highest BCUT2D eigenvalue weighted by molar-refractivity contribution is 6.04. The molecule has 0 radical (unpaired) electrons. The molecule has 2 aromatic rings. The molecule has 3 amide bonds. The molecule has 170 valence electrons. The quantitative estimate of drug-likeness (QED) is 0.680. The average Bonchev–Trinajstić information content (AvgIpc) is 3.32. The molecule has 7 nitrogen and oxygen atoms in total.